The average Bonchev–Trinajstić information content (AvgIpc) is 2.92. The van der Waals surface area contributed by atoms with E-state index in [0.29, 0.717) is 49.8 Å². The Bertz CT molecular complexity index is 1200. The molecule has 8 nitrogen and oxygen atoms in total. The third-order valence-electron chi connectivity index (χ3n) is 9.88. The van der Waals surface area contributed by atoms with E-state index in [2.05, 4.69) is 17.1 Å². The number of piperazine rings is 1. The Labute approximate surface area is 230 Å². The van der Waals surface area contributed by atoms with Crippen LogP contribution in [0.25, 0.3) is 0 Å². The van der Waals surface area contributed by atoms with Crippen LogP contribution in [0.5, 0.6) is 5.75 Å². The number of benzene rings is 2. The van der Waals surface area contributed by atoms with E-state index in [1.807, 2.05) is 42.2 Å². The number of nitro benzene ring substituents is 1. The maximum Gasteiger partial charge on any atom is 0.292 e. The first-order chi connectivity index (χ1) is 18.8. The number of nitrogens with zero attached hydrogens (tertiary/aromatic N) is 3. The van der Waals surface area contributed by atoms with Crippen molar-refractivity contribution in [2.24, 2.45) is 23.2 Å². The highest BCUT2D eigenvalue weighted by atomic mass is 16.6. The number of anilines is 2. The van der Waals surface area contributed by atoms with Gasteiger partial charge in [0.1, 0.15) is 11.4 Å². The number of hydrogen-bond donors (Lipinski definition) is 1. The molecule has 4 bridgehead atoms. The van der Waals surface area contributed by atoms with Gasteiger partial charge in [0.2, 0.25) is 0 Å². The third-order valence-corrected chi connectivity index (χ3v) is 9.88. The first kappa shape index (κ1) is 26.0. The lowest BCUT2D eigenvalue weighted by atomic mass is 9.48. The number of nitro groups is 1. The molecule has 1 N–H and O–H groups in total. The molecule has 1 heterocycles. The quantitative estimate of drug-likeness (QED) is 0.333. The Balaban J connectivity index is 1.15. The van der Waals surface area contributed by atoms with E-state index in [4.69, 9.17) is 4.74 Å². The van der Waals surface area contributed by atoms with Crippen molar-refractivity contribution in [3.05, 3.63) is 58.1 Å². The number of carbonyl (C=O) groups is 1. The average molecular weight is 533 g/mol. The van der Waals surface area contributed by atoms with Gasteiger partial charge in [-0.2, -0.15) is 0 Å². The minimum Gasteiger partial charge on any atom is -0.494 e. The number of rotatable bonds is 8. The minimum absolute atomic E-state index is 0.00616. The van der Waals surface area contributed by atoms with Gasteiger partial charge < -0.3 is 19.9 Å². The van der Waals surface area contributed by atoms with Crippen LogP contribution in [0.3, 0.4) is 0 Å². The molecule has 2 aromatic carbocycles. The minimum atomic E-state index is -0.272. The SMILES string of the molecule is CCOc1cccc(C(=O)N2CCN(c3ccc([N+](=O)[O-])c(N[C@H](C)C45CC6CC(CC(C6)C4)C5)c3)CC2)c1. The van der Waals surface area contributed by atoms with Crippen LogP contribution in [-0.4, -0.2) is 54.6 Å². The van der Waals surface area contributed by atoms with Crippen LogP contribution in [0.2, 0.25) is 0 Å². The van der Waals surface area contributed by atoms with E-state index < -0.39 is 0 Å². The molecule has 1 atom stereocenters. The number of amides is 1. The van der Waals surface area contributed by atoms with E-state index in [9.17, 15) is 14.9 Å². The van der Waals surface area contributed by atoms with Crippen molar-refractivity contribution in [3.8, 4) is 5.75 Å². The summed E-state index contributed by atoms with van der Waals surface area (Å²) in [5, 5.41) is 15.6. The zero-order valence-corrected chi connectivity index (χ0v) is 23.1. The van der Waals surface area contributed by atoms with Crippen LogP contribution in [-0.2, 0) is 0 Å². The molecule has 39 heavy (non-hydrogen) atoms. The predicted octanol–water partition coefficient (Wildman–Crippen LogP) is 5.97. The number of ether oxygens (including phenoxy) is 1. The van der Waals surface area contributed by atoms with Gasteiger partial charge in [0.25, 0.3) is 11.6 Å². The van der Waals surface area contributed by atoms with E-state index >= 15 is 0 Å². The molecule has 0 spiro atoms. The van der Waals surface area contributed by atoms with Gasteiger partial charge in [-0.25, -0.2) is 0 Å². The second kappa shape index (κ2) is 10.4. The molecule has 4 aliphatic carbocycles. The van der Waals surface area contributed by atoms with Crippen molar-refractivity contribution >= 4 is 23.0 Å². The molecule has 1 aliphatic heterocycles. The van der Waals surface area contributed by atoms with Crippen molar-refractivity contribution < 1.29 is 14.5 Å². The van der Waals surface area contributed by atoms with E-state index in [1.54, 1.807) is 12.1 Å². The van der Waals surface area contributed by atoms with Gasteiger partial charge in [0.15, 0.2) is 0 Å². The summed E-state index contributed by atoms with van der Waals surface area (Å²) in [6.45, 7) is 7.29. The second-order valence-corrected chi connectivity index (χ2v) is 12.3. The largest absolute Gasteiger partial charge is 0.494 e. The molecule has 0 unspecified atom stereocenters. The Morgan fingerprint density at radius 3 is 2.33 bits per heavy atom. The van der Waals surface area contributed by atoms with Crippen LogP contribution >= 0.6 is 0 Å². The molecular weight excluding hydrogens is 492 g/mol. The fourth-order valence-corrected chi connectivity index (χ4v) is 8.33. The van der Waals surface area contributed by atoms with Crippen LogP contribution in [0.1, 0.15) is 62.7 Å². The van der Waals surface area contributed by atoms with E-state index in [1.165, 1.54) is 38.5 Å². The monoisotopic (exact) mass is 532 g/mol. The summed E-state index contributed by atoms with van der Waals surface area (Å²) in [7, 11) is 0. The van der Waals surface area contributed by atoms with Crippen LogP contribution in [0, 0.1) is 33.3 Å². The van der Waals surface area contributed by atoms with Crippen molar-refractivity contribution in [3.63, 3.8) is 0 Å². The Hall–Kier alpha value is -3.29. The highest BCUT2D eigenvalue weighted by molar-refractivity contribution is 5.94. The fourth-order valence-electron chi connectivity index (χ4n) is 8.33. The molecule has 2 aromatic rings. The normalized spacial score (nSPS) is 28.3. The molecule has 4 saturated carbocycles. The summed E-state index contributed by atoms with van der Waals surface area (Å²) in [6, 6.07) is 13.0. The fraction of sp³-hybridized carbons (Fsp3) is 0.581. The topological polar surface area (TPSA) is 88.0 Å². The summed E-state index contributed by atoms with van der Waals surface area (Å²) in [4.78, 5) is 28.9. The van der Waals surface area contributed by atoms with E-state index in [0.717, 1.165) is 23.4 Å². The Kier molecular flexibility index (Phi) is 6.89. The van der Waals surface area contributed by atoms with Gasteiger partial charge >= 0.3 is 0 Å². The van der Waals surface area contributed by atoms with Crippen molar-refractivity contribution in [2.75, 3.05) is 43.0 Å². The van der Waals surface area contributed by atoms with Crippen LogP contribution in [0.15, 0.2) is 42.5 Å². The lowest BCUT2D eigenvalue weighted by Gasteiger charge is -2.59. The van der Waals surface area contributed by atoms with Gasteiger partial charge in [-0.1, -0.05) is 6.07 Å². The Morgan fingerprint density at radius 1 is 1.05 bits per heavy atom. The maximum absolute atomic E-state index is 13.1. The molecule has 0 radical (unpaired) electrons. The van der Waals surface area contributed by atoms with Gasteiger partial charge in [-0.3, -0.25) is 14.9 Å². The predicted molar refractivity (Wildman–Crippen MR) is 153 cm³/mol. The molecular formula is C31H40N4O4. The van der Waals surface area contributed by atoms with Crippen LogP contribution < -0.4 is 15.0 Å². The molecule has 0 aromatic heterocycles. The third kappa shape index (κ3) is 5.06. The second-order valence-electron chi connectivity index (χ2n) is 12.3. The van der Waals surface area contributed by atoms with Crippen molar-refractivity contribution in [1.29, 1.82) is 0 Å². The highest BCUT2D eigenvalue weighted by Gasteiger charge is 2.53. The summed E-state index contributed by atoms with van der Waals surface area (Å²) in [5.41, 5.74) is 2.61. The zero-order chi connectivity index (χ0) is 27.1. The summed E-state index contributed by atoms with van der Waals surface area (Å²) in [6.07, 6.45) is 7.91. The van der Waals surface area contributed by atoms with Gasteiger partial charge in [0, 0.05) is 49.5 Å². The number of carbonyl (C=O) groups excluding carboxylic acids is 1. The molecule has 208 valence electrons. The first-order valence-electron chi connectivity index (χ1n) is 14.7. The number of nitrogens with one attached hydrogen (secondary N) is 1. The molecule has 5 fully saturated rings. The Morgan fingerprint density at radius 2 is 1.72 bits per heavy atom. The lowest BCUT2D eigenvalue weighted by Crippen LogP contribution is -2.53. The van der Waals surface area contributed by atoms with Gasteiger partial charge in [-0.15, -0.1) is 0 Å². The first-order valence-corrected chi connectivity index (χ1v) is 14.7. The summed E-state index contributed by atoms with van der Waals surface area (Å²) in [5.74, 6) is 3.22. The van der Waals surface area contributed by atoms with Gasteiger partial charge in [-0.05, 0) is 106 Å². The van der Waals surface area contributed by atoms with Gasteiger partial charge in [0.05, 0.1) is 11.5 Å². The molecule has 1 amide bonds. The lowest BCUT2D eigenvalue weighted by molar-refractivity contribution is -0.384. The van der Waals surface area contributed by atoms with Crippen molar-refractivity contribution in [1.82, 2.24) is 4.90 Å². The molecule has 1 saturated heterocycles. The van der Waals surface area contributed by atoms with E-state index in [-0.39, 0.29) is 28.0 Å². The standard InChI is InChI=1S/C31H40N4O4/c1-3-39-27-6-4-5-25(16-27)30(36)34-11-9-33(10-12-34)26-7-8-29(35(37)38)28(17-26)32-21(2)31-18-22-13-23(19-31)15-24(14-22)20-31/h4-8,16-17,21-24,32H,3,9-15,18-20H2,1-2H3/t21-,22?,23?,24?,31?/m1/s1. The van der Waals surface area contributed by atoms with Crippen molar-refractivity contribution in [2.45, 2.75) is 58.4 Å². The smallest absolute Gasteiger partial charge is 0.292 e. The summed E-state index contributed by atoms with van der Waals surface area (Å²) < 4.78 is 5.56. The number of hydrogen-bond acceptors (Lipinski definition) is 6. The highest BCUT2D eigenvalue weighted by Crippen LogP contribution is 2.61. The zero-order valence-electron chi connectivity index (χ0n) is 23.1. The molecule has 7 rings (SSSR count). The molecule has 5 aliphatic rings. The van der Waals surface area contributed by atoms with Crippen LogP contribution in [0.4, 0.5) is 17.1 Å². The summed E-state index contributed by atoms with van der Waals surface area (Å²) >= 11 is 0. The molecule has 8 heteroatoms. The maximum atomic E-state index is 13.1.